The number of hydrogen-bond acceptors (Lipinski definition) is 5. The van der Waals surface area contributed by atoms with Gasteiger partial charge in [0, 0.05) is 22.7 Å². The van der Waals surface area contributed by atoms with Crippen LogP contribution in [-0.2, 0) is 16.1 Å². The number of hydrogen-bond donors (Lipinski definition) is 1. The molecule has 28 heavy (non-hydrogen) atoms. The van der Waals surface area contributed by atoms with E-state index in [0.717, 1.165) is 0 Å². The first-order valence-corrected chi connectivity index (χ1v) is 9.10. The van der Waals surface area contributed by atoms with Crippen molar-refractivity contribution in [2.45, 2.75) is 32.9 Å². The number of nitro benzene ring substituents is 1. The van der Waals surface area contributed by atoms with Gasteiger partial charge >= 0.3 is 5.97 Å². The Kier molecular flexibility index (Phi) is 7.52. The maximum atomic E-state index is 12.5. The molecular formula is C20H21ClN2O5. The Bertz CT molecular complexity index is 835. The summed E-state index contributed by atoms with van der Waals surface area (Å²) in [4.78, 5) is 35.1. The van der Waals surface area contributed by atoms with E-state index >= 15 is 0 Å². The zero-order valence-electron chi connectivity index (χ0n) is 15.6. The molecule has 0 aliphatic rings. The van der Waals surface area contributed by atoms with Crippen molar-refractivity contribution in [3.63, 3.8) is 0 Å². The molecule has 0 spiro atoms. The first-order valence-electron chi connectivity index (χ1n) is 8.72. The molecule has 0 radical (unpaired) electrons. The van der Waals surface area contributed by atoms with E-state index in [0.29, 0.717) is 22.6 Å². The average Bonchev–Trinajstić information content (AvgIpc) is 2.66. The summed E-state index contributed by atoms with van der Waals surface area (Å²) < 4.78 is 5.30. The topological polar surface area (TPSA) is 98.5 Å². The highest BCUT2D eigenvalue weighted by Gasteiger charge is 2.24. The highest BCUT2D eigenvalue weighted by atomic mass is 35.5. The molecule has 2 aromatic rings. The minimum atomic E-state index is -0.804. The molecule has 1 atom stereocenters. The Morgan fingerprint density at radius 3 is 2.25 bits per heavy atom. The highest BCUT2D eigenvalue weighted by Crippen LogP contribution is 2.14. The summed E-state index contributed by atoms with van der Waals surface area (Å²) in [5.41, 5.74) is 0.968. The second-order valence-electron chi connectivity index (χ2n) is 6.69. The number of rotatable bonds is 8. The normalized spacial score (nSPS) is 11.7. The summed E-state index contributed by atoms with van der Waals surface area (Å²) in [6.45, 7) is 3.83. The molecule has 2 aromatic carbocycles. The van der Waals surface area contributed by atoms with E-state index in [4.69, 9.17) is 16.3 Å². The third-order valence-corrected chi connectivity index (χ3v) is 4.18. The predicted molar refractivity (Wildman–Crippen MR) is 105 cm³/mol. The number of amides is 1. The quantitative estimate of drug-likeness (QED) is 0.405. The molecule has 0 heterocycles. The van der Waals surface area contributed by atoms with Gasteiger partial charge in [0.1, 0.15) is 12.6 Å². The molecular weight excluding hydrogens is 384 g/mol. The molecule has 0 unspecified atom stereocenters. The molecule has 7 nitrogen and oxygen atoms in total. The Morgan fingerprint density at radius 1 is 1.11 bits per heavy atom. The standard InChI is InChI=1S/C20H21ClN2O5/c1-13(2)11-18(22-19(24)15-5-7-16(21)8-6-15)20(25)28-12-14-3-9-17(10-4-14)23(26)27/h3-10,13,18H,11-12H2,1-2H3,(H,22,24)/t18-/m0/s1. The second kappa shape index (κ2) is 9.85. The van der Waals surface area contributed by atoms with Crippen LogP contribution in [0.2, 0.25) is 5.02 Å². The van der Waals surface area contributed by atoms with Crippen LogP contribution >= 0.6 is 11.6 Å². The van der Waals surface area contributed by atoms with Crippen LogP contribution in [0.5, 0.6) is 0 Å². The average molecular weight is 405 g/mol. The third kappa shape index (κ3) is 6.35. The lowest BCUT2D eigenvalue weighted by Crippen LogP contribution is -2.42. The van der Waals surface area contributed by atoms with E-state index in [9.17, 15) is 19.7 Å². The Labute approximate surface area is 167 Å². The maximum absolute atomic E-state index is 12.5. The summed E-state index contributed by atoms with van der Waals surface area (Å²) >= 11 is 5.82. The fourth-order valence-electron chi connectivity index (χ4n) is 2.50. The second-order valence-corrected chi connectivity index (χ2v) is 7.13. The Morgan fingerprint density at radius 2 is 1.71 bits per heavy atom. The number of halogens is 1. The van der Waals surface area contributed by atoms with E-state index in [1.165, 1.54) is 24.3 Å². The minimum Gasteiger partial charge on any atom is -0.459 e. The van der Waals surface area contributed by atoms with E-state index < -0.39 is 22.8 Å². The predicted octanol–water partition coefficient (Wildman–Crippen LogP) is 4.14. The van der Waals surface area contributed by atoms with Gasteiger partial charge in [0.15, 0.2) is 0 Å². The number of non-ortho nitro benzene ring substituents is 1. The fourth-order valence-corrected chi connectivity index (χ4v) is 2.62. The van der Waals surface area contributed by atoms with Gasteiger partial charge in [0.05, 0.1) is 4.92 Å². The van der Waals surface area contributed by atoms with Gasteiger partial charge in [-0.3, -0.25) is 14.9 Å². The number of carbonyl (C=O) groups excluding carboxylic acids is 2. The van der Waals surface area contributed by atoms with Crippen LogP contribution in [0, 0.1) is 16.0 Å². The summed E-state index contributed by atoms with van der Waals surface area (Å²) in [6.07, 6.45) is 0.415. The summed E-state index contributed by atoms with van der Waals surface area (Å²) in [6, 6.07) is 11.3. The molecule has 0 bridgehead atoms. The summed E-state index contributed by atoms with van der Waals surface area (Å²) in [5, 5.41) is 13.9. The van der Waals surface area contributed by atoms with Crippen molar-refractivity contribution in [1.29, 1.82) is 0 Å². The van der Waals surface area contributed by atoms with Gasteiger partial charge in [-0.15, -0.1) is 0 Å². The summed E-state index contributed by atoms with van der Waals surface area (Å²) in [7, 11) is 0. The van der Waals surface area contributed by atoms with E-state index in [-0.39, 0.29) is 18.2 Å². The van der Waals surface area contributed by atoms with Gasteiger partial charge in [0.2, 0.25) is 0 Å². The lowest BCUT2D eigenvalue weighted by Gasteiger charge is -2.19. The molecule has 2 rings (SSSR count). The molecule has 0 aromatic heterocycles. The van der Waals surface area contributed by atoms with Crippen LogP contribution in [0.3, 0.4) is 0 Å². The van der Waals surface area contributed by atoms with Crippen LogP contribution in [-0.4, -0.2) is 22.8 Å². The zero-order valence-corrected chi connectivity index (χ0v) is 16.3. The largest absolute Gasteiger partial charge is 0.459 e. The first-order chi connectivity index (χ1) is 13.3. The SMILES string of the molecule is CC(C)C[C@H](NC(=O)c1ccc(Cl)cc1)C(=O)OCc1ccc([N+](=O)[O-])cc1. The van der Waals surface area contributed by atoms with Crippen molar-refractivity contribution in [3.05, 3.63) is 74.8 Å². The molecule has 1 amide bonds. The van der Waals surface area contributed by atoms with E-state index in [1.807, 2.05) is 13.8 Å². The summed E-state index contributed by atoms with van der Waals surface area (Å²) in [5.74, 6) is -0.800. The lowest BCUT2D eigenvalue weighted by atomic mass is 10.0. The van der Waals surface area contributed by atoms with E-state index in [1.54, 1.807) is 24.3 Å². The van der Waals surface area contributed by atoms with Crippen molar-refractivity contribution in [2.75, 3.05) is 0 Å². The van der Waals surface area contributed by atoms with Crippen molar-refractivity contribution < 1.29 is 19.2 Å². The highest BCUT2D eigenvalue weighted by molar-refractivity contribution is 6.30. The molecule has 8 heteroatoms. The molecule has 0 aliphatic carbocycles. The van der Waals surface area contributed by atoms with Gasteiger partial charge in [-0.2, -0.15) is 0 Å². The minimum absolute atomic E-state index is 0.0389. The number of nitro groups is 1. The number of nitrogens with zero attached hydrogens (tertiary/aromatic N) is 1. The van der Waals surface area contributed by atoms with Crippen LogP contribution in [0.15, 0.2) is 48.5 Å². The van der Waals surface area contributed by atoms with Gasteiger partial charge in [0.25, 0.3) is 11.6 Å². The molecule has 148 valence electrons. The van der Waals surface area contributed by atoms with Crippen molar-refractivity contribution >= 4 is 29.2 Å². The van der Waals surface area contributed by atoms with Crippen LogP contribution in [0.4, 0.5) is 5.69 Å². The Balaban J connectivity index is 2.00. The van der Waals surface area contributed by atoms with E-state index in [2.05, 4.69) is 5.32 Å². The number of ether oxygens (including phenoxy) is 1. The van der Waals surface area contributed by atoms with Gasteiger partial charge in [-0.1, -0.05) is 25.4 Å². The molecule has 0 saturated heterocycles. The monoisotopic (exact) mass is 404 g/mol. The lowest BCUT2D eigenvalue weighted by molar-refractivity contribution is -0.384. The molecule has 1 N–H and O–H groups in total. The molecule has 0 saturated carbocycles. The number of esters is 1. The van der Waals surface area contributed by atoms with Crippen LogP contribution in [0.25, 0.3) is 0 Å². The maximum Gasteiger partial charge on any atom is 0.328 e. The first kappa shape index (κ1) is 21.4. The van der Waals surface area contributed by atoms with Crippen molar-refractivity contribution in [1.82, 2.24) is 5.32 Å². The van der Waals surface area contributed by atoms with Gasteiger partial charge < -0.3 is 10.1 Å². The molecule has 0 fully saturated rings. The smallest absolute Gasteiger partial charge is 0.328 e. The number of benzene rings is 2. The van der Waals surface area contributed by atoms with Crippen LogP contribution in [0.1, 0.15) is 36.2 Å². The Hall–Kier alpha value is -2.93. The zero-order chi connectivity index (χ0) is 20.7. The van der Waals surface area contributed by atoms with Gasteiger partial charge in [-0.05, 0) is 54.3 Å². The molecule has 0 aliphatic heterocycles. The van der Waals surface area contributed by atoms with Crippen molar-refractivity contribution in [2.24, 2.45) is 5.92 Å². The number of nitrogens with one attached hydrogen (secondary N) is 1. The van der Waals surface area contributed by atoms with Gasteiger partial charge in [-0.25, -0.2) is 4.79 Å². The van der Waals surface area contributed by atoms with Crippen LogP contribution < -0.4 is 5.32 Å². The fraction of sp³-hybridized carbons (Fsp3) is 0.300. The number of carbonyl (C=O) groups is 2. The third-order valence-electron chi connectivity index (χ3n) is 3.93. The van der Waals surface area contributed by atoms with Crippen molar-refractivity contribution in [3.8, 4) is 0 Å².